The van der Waals surface area contributed by atoms with E-state index in [0.717, 1.165) is 77.0 Å². The van der Waals surface area contributed by atoms with Crippen LogP contribution in [0.15, 0.2) is 180 Å². The first kappa shape index (κ1) is 31.5. The lowest BCUT2D eigenvalue weighted by Gasteiger charge is -2.11. The number of hydrogen-bond acceptors (Lipinski definition) is 5. The highest BCUT2D eigenvalue weighted by atomic mass is 32.1. The molecule has 242 valence electrons. The lowest BCUT2D eigenvalue weighted by molar-refractivity contribution is 0.415. The van der Waals surface area contributed by atoms with Gasteiger partial charge < -0.3 is 10.5 Å². The molecule has 0 atom stereocenters. The summed E-state index contributed by atoms with van der Waals surface area (Å²) in [5.74, 6) is 0.823. The van der Waals surface area contributed by atoms with E-state index in [-0.39, 0.29) is 0 Å². The molecule has 6 bridgehead atoms. The van der Waals surface area contributed by atoms with Gasteiger partial charge in [-0.1, -0.05) is 109 Å². The van der Waals surface area contributed by atoms with E-state index in [2.05, 4.69) is 146 Å². The molecule has 5 heteroatoms. The summed E-state index contributed by atoms with van der Waals surface area (Å²) < 4.78 is 7.89. The summed E-state index contributed by atoms with van der Waals surface area (Å²) in [5.41, 5.74) is 18.6. The molecule has 4 aromatic carbocycles. The summed E-state index contributed by atoms with van der Waals surface area (Å²) in [6.45, 7) is 0. The van der Waals surface area contributed by atoms with E-state index >= 15 is 0 Å². The topological polar surface area (TPSA) is 47.6 Å². The maximum atomic E-state index is 7.01. The van der Waals surface area contributed by atoms with Crippen molar-refractivity contribution in [3.05, 3.63) is 216 Å². The number of hydrogen-bond donors (Lipinski definition) is 1. The predicted octanol–water partition coefficient (Wildman–Crippen LogP) is 9.36. The molecule has 6 aromatic rings. The average molecular weight is 683 g/mol. The molecule has 2 aliphatic rings. The maximum Gasteiger partial charge on any atom is 0.118 e. The second kappa shape index (κ2) is 14.0. The molecule has 2 aromatic heterocycles. The van der Waals surface area contributed by atoms with Crippen LogP contribution in [0.5, 0.6) is 5.75 Å². The highest BCUT2D eigenvalue weighted by Gasteiger charge is 2.21. The van der Waals surface area contributed by atoms with Gasteiger partial charge in [0.15, 0.2) is 0 Å². The Hall–Kier alpha value is -5.75. The van der Waals surface area contributed by atoms with E-state index in [4.69, 9.17) is 15.5 Å². The van der Waals surface area contributed by atoms with Crippen molar-refractivity contribution in [2.45, 2.75) is 6.42 Å². The second-order valence-electron chi connectivity index (χ2n) is 12.0. The van der Waals surface area contributed by atoms with E-state index in [1.165, 1.54) is 15.7 Å². The van der Waals surface area contributed by atoms with Gasteiger partial charge in [0.2, 0.25) is 0 Å². The molecule has 2 N–H and O–H groups in total. The van der Waals surface area contributed by atoms with Gasteiger partial charge in [-0.05, 0) is 88.9 Å². The van der Waals surface area contributed by atoms with Crippen LogP contribution in [0.4, 0.5) is 0 Å². The fourth-order valence-corrected chi connectivity index (χ4v) is 8.85. The Morgan fingerprint density at radius 3 is 1.78 bits per heavy atom. The normalized spacial score (nSPS) is 20.3. The Kier molecular flexibility index (Phi) is 8.83. The minimum absolute atomic E-state index is 0.727. The Balaban J connectivity index is 1.44. The number of aliphatic imine (C=N–C) groups is 1. The van der Waals surface area contributed by atoms with Crippen LogP contribution in [0.25, 0.3) is 22.3 Å². The van der Waals surface area contributed by atoms with E-state index in [1.807, 2.05) is 18.2 Å². The number of nitrogens with zero attached hydrogens (tertiary/aromatic N) is 1. The van der Waals surface area contributed by atoms with Crippen LogP contribution >= 0.6 is 22.7 Å². The van der Waals surface area contributed by atoms with Crippen molar-refractivity contribution in [2.24, 2.45) is 10.7 Å². The lowest BCUT2D eigenvalue weighted by Crippen LogP contribution is -2.10. The van der Waals surface area contributed by atoms with Crippen molar-refractivity contribution in [1.29, 1.82) is 0 Å². The van der Waals surface area contributed by atoms with Crippen molar-refractivity contribution < 1.29 is 4.74 Å². The van der Waals surface area contributed by atoms with Crippen molar-refractivity contribution in [1.82, 2.24) is 0 Å². The van der Waals surface area contributed by atoms with Crippen LogP contribution in [-0.4, -0.2) is 12.8 Å². The molecule has 0 fully saturated rings. The Labute approximate surface area is 300 Å². The van der Waals surface area contributed by atoms with Crippen molar-refractivity contribution in [3.63, 3.8) is 0 Å². The fourth-order valence-electron chi connectivity index (χ4n) is 6.52. The first-order valence-electron chi connectivity index (χ1n) is 16.6. The molecular weight excluding hydrogens is 649 g/mol. The van der Waals surface area contributed by atoms with Gasteiger partial charge in [0.05, 0.1) is 18.5 Å². The molecule has 0 unspecified atom stereocenters. The van der Waals surface area contributed by atoms with Gasteiger partial charge in [-0.3, -0.25) is 0 Å². The molecule has 0 spiro atoms. The minimum Gasteiger partial charge on any atom is -0.497 e. The monoisotopic (exact) mass is 682 g/mol. The van der Waals surface area contributed by atoms with Crippen LogP contribution < -0.4 is 19.5 Å². The number of rotatable bonds is 5. The quantitative estimate of drug-likeness (QED) is 0.197. The number of fused-ring (bicyclic) bond motifs is 5. The van der Waals surface area contributed by atoms with Gasteiger partial charge in [0.1, 0.15) is 5.75 Å². The smallest absolute Gasteiger partial charge is 0.118 e. The van der Waals surface area contributed by atoms with Crippen LogP contribution in [0.2, 0.25) is 0 Å². The molecule has 2 aliphatic heterocycles. The standard InChI is InChI=1S/C45H34N2OS2/c1-48-34-22-20-33(21-23-34)45-38-25-24-37(47-38)44(32-16-9-4-10-17-32)42-29-28-40(50-42)43(31-14-7-3-8-15-31)36(46)19-11-18-35(30-12-5-2-6-13-30)39-26-27-41(45)49-39/h2-17,19-29H,18,46H2,1H3/b19-11-,39-35+,43-36-,44-37-,45-41-. The molecular formula is C45H34N2OS2. The molecule has 0 aliphatic carbocycles. The van der Waals surface area contributed by atoms with E-state index in [0.29, 0.717) is 0 Å². The fraction of sp³-hybridized carbons (Fsp3) is 0.0444. The predicted molar refractivity (Wildman–Crippen MR) is 212 cm³/mol. The van der Waals surface area contributed by atoms with Crippen LogP contribution in [0.3, 0.4) is 0 Å². The van der Waals surface area contributed by atoms with E-state index in [1.54, 1.807) is 29.8 Å². The number of benzene rings is 4. The van der Waals surface area contributed by atoms with E-state index < -0.39 is 0 Å². The zero-order valence-electron chi connectivity index (χ0n) is 27.5. The van der Waals surface area contributed by atoms with Gasteiger partial charge in [-0.15, -0.1) is 22.7 Å². The van der Waals surface area contributed by atoms with Gasteiger partial charge in [0, 0.05) is 41.2 Å². The first-order valence-corrected chi connectivity index (χ1v) is 18.2. The Morgan fingerprint density at radius 1 is 0.540 bits per heavy atom. The largest absolute Gasteiger partial charge is 0.497 e. The molecule has 50 heavy (non-hydrogen) atoms. The number of thiophene rings is 2. The molecule has 0 saturated carbocycles. The molecule has 0 radical (unpaired) electrons. The highest BCUT2D eigenvalue weighted by Crippen LogP contribution is 2.39. The highest BCUT2D eigenvalue weighted by molar-refractivity contribution is 7.14. The third-order valence-corrected chi connectivity index (χ3v) is 11.2. The molecule has 8 rings (SSSR count). The van der Waals surface area contributed by atoms with Crippen LogP contribution in [0.1, 0.15) is 38.4 Å². The zero-order valence-corrected chi connectivity index (χ0v) is 29.2. The number of ether oxygens (including phenoxy) is 1. The zero-order chi connectivity index (χ0) is 33.9. The first-order chi connectivity index (χ1) is 24.7. The second-order valence-corrected chi connectivity index (χ2v) is 14.2. The van der Waals surface area contributed by atoms with Crippen LogP contribution in [-0.2, 0) is 0 Å². The van der Waals surface area contributed by atoms with Crippen molar-refractivity contribution in [3.8, 4) is 5.75 Å². The summed E-state index contributed by atoms with van der Waals surface area (Å²) >= 11 is 3.54. The number of allylic oxidation sites excluding steroid dienone is 4. The summed E-state index contributed by atoms with van der Waals surface area (Å²) in [5, 5.41) is 0. The molecule has 3 nitrogen and oxygen atoms in total. The number of nitrogens with two attached hydrogens (primary N) is 1. The SMILES string of the molecule is COc1ccc(/C2=c3\cc/c(s3)=C(\c3ccccc3)C/C=C\C(N)=C(/c3ccccc3)c3ccc(s3)/C(c3ccccc3)=C3/C=CC2=N3)cc1. The van der Waals surface area contributed by atoms with Crippen LogP contribution in [0, 0.1) is 0 Å². The molecule has 0 amide bonds. The average Bonchev–Trinajstić information content (AvgIpc) is 3.95. The summed E-state index contributed by atoms with van der Waals surface area (Å²) in [4.78, 5) is 7.65. The molecule has 4 heterocycles. The Bertz CT molecular complexity index is 2460. The summed E-state index contributed by atoms with van der Waals surface area (Å²) in [6.07, 6.45) is 9.33. The van der Waals surface area contributed by atoms with Gasteiger partial charge in [-0.25, -0.2) is 4.99 Å². The van der Waals surface area contributed by atoms with Gasteiger partial charge in [0.25, 0.3) is 0 Å². The number of methoxy groups -OCH3 is 1. The van der Waals surface area contributed by atoms with E-state index in [9.17, 15) is 0 Å². The summed E-state index contributed by atoms with van der Waals surface area (Å²) in [6, 6.07) is 48.8. The third-order valence-electron chi connectivity index (χ3n) is 8.93. The maximum absolute atomic E-state index is 7.01. The summed E-state index contributed by atoms with van der Waals surface area (Å²) in [7, 11) is 1.70. The van der Waals surface area contributed by atoms with Crippen molar-refractivity contribution in [2.75, 3.05) is 7.11 Å². The van der Waals surface area contributed by atoms with Gasteiger partial charge in [-0.2, -0.15) is 0 Å². The minimum atomic E-state index is 0.727. The lowest BCUT2D eigenvalue weighted by atomic mass is 9.99. The van der Waals surface area contributed by atoms with Crippen molar-refractivity contribution >= 4 is 50.7 Å². The van der Waals surface area contributed by atoms with Gasteiger partial charge >= 0.3 is 0 Å². The molecule has 0 saturated heterocycles. The Morgan fingerprint density at radius 2 is 1.12 bits per heavy atom. The third kappa shape index (κ3) is 6.25.